The number of benzene rings is 1. The van der Waals surface area contributed by atoms with Gasteiger partial charge in [0, 0.05) is 18.3 Å². The van der Waals surface area contributed by atoms with Crippen LogP contribution in [-0.4, -0.2) is 44.6 Å². The molecule has 19 heavy (non-hydrogen) atoms. The first-order valence-corrected chi connectivity index (χ1v) is 6.37. The van der Waals surface area contributed by atoms with Gasteiger partial charge in [0.2, 0.25) is 5.91 Å². The number of rotatable bonds is 7. The summed E-state index contributed by atoms with van der Waals surface area (Å²) in [7, 11) is 3.51. The average molecular weight is 265 g/mol. The maximum absolute atomic E-state index is 11.9. The molecule has 1 rings (SSSR count). The summed E-state index contributed by atoms with van der Waals surface area (Å²) in [6.45, 7) is 3.85. The van der Waals surface area contributed by atoms with E-state index < -0.39 is 0 Å². The summed E-state index contributed by atoms with van der Waals surface area (Å²) in [5, 5.41) is 2.85. The number of likely N-dealkylation sites (N-methyl/N-ethyl adjacent to an activating group) is 1. The molecule has 0 saturated heterocycles. The van der Waals surface area contributed by atoms with Gasteiger partial charge in [0.15, 0.2) is 0 Å². The molecule has 1 aromatic rings. The van der Waals surface area contributed by atoms with E-state index in [0.29, 0.717) is 19.0 Å². The highest BCUT2D eigenvalue weighted by Gasteiger charge is 2.09. The molecule has 106 valence electrons. The number of nitrogens with two attached hydrogens (primary N) is 1. The van der Waals surface area contributed by atoms with Crippen molar-refractivity contribution >= 4 is 11.6 Å². The highest BCUT2D eigenvalue weighted by molar-refractivity contribution is 5.92. The van der Waals surface area contributed by atoms with Crippen LogP contribution in [0.25, 0.3) is 0 Å². The lowest BCUT2D eigenvalue weighted by Gasteiger charge is -2.19. The first kappa shape index (κ1) is 15.5. The summed E-state index contributed by atoms with van der Waals surface area (Å²) in [5.74, 6) is 1.07. The van der Waals surface area contributed by atoms with Gasteiger partial charge in [-0.25, -0.2) is 0 Å². The van der Waals surface area contributed by atoms with Crippen molar-refractivity contribution in [3.05, 3.63) is 24.3 Å². The minimum atomic E-state index is -0.0417. The predicted octanol–water partition coefficient (Wildman–Crippen LogP) is 1.16. The van der Waals surface area contributed by atoms with E-state index in [1.165, 1.54) is 0 Å². The van der Waals surface area contributed by atoms with Crippen LogP contribution in [0.15, 0.2) is 24.3 Å². The van der Waals surface area contributed by atoms with Crippen molar-refractivity contribution in [3.8, 4) is 5.75 Å². The molecule has 1 atom stereocenters. The number of hydrogen-bond donors (Lipinski definition) is 2. The Morgan fingerprint density at radius 2 is 2.26 bits per heavy atom. The van der Waals surface area contributed by atoms with Crippen LogP contribution < -0.4 is 15.8 Å². The lowest BCUT2D eigenvalue weighted by molar-refractivity contribution is -0.117. The highest BCUT2D eigenvalue weighted by Crippen LogP contribution is 2.16. The van der Waals surface area contributed by atoms with Gasteiger partial charge in [-0.15, -0.1) is 0 Å². The summed E-state index contributed by atoms with van der Waals surface area (Å²) in [6.07, 6.45) is 0. The average Bonchev–Trinajstić information content (AvgIpc) is 2.38. The van der Waals surface area contributed by atoms with Crippen LogP contribution in [-0.2, 0) is 4.79 Å². The molecule has 1 unspecified atom stereocenters. The van der Waals surface area contributed by atoms with E-state index >= 15 is 0 Å². The lowest BCUT2D eigenvalue weighted by Crippen LogP contribution is -2.34. The van der Waals surface area contributed by atoms with Crippen molar-refractivity contribution in [2.45, 2.75) is 6.92 Å². The van der Waals surface area contributed by atoms with Crippen LogP contribution in [0.4, 0.5) is 5.69 Å². The summed E-state index contributed by atoms with van der Waals surface area (Å²) in [4.78, 5) is 13.8. The molecule has 0 aliphatic rings. The number of carbonyl (C=O) groups excluding carboxylic acids is 1. The number of ether oxygens (including phenoxy) is 1. The maximum atomic E-state index is 11.9. The molecule has 0 aliphatic heterocycles. The number of nitrogens with zero attached hydrogens (tertiary/aromatic N) is 1. The lowest BCUT2D eigenvalue weighted by atomic mass is 10.2. The monoisotopic (exact) mass is 265 g/mol. The van der Waals surface area contributed by atoms with E-state index in [4.69, 9.17) is 10.5 Å². The number of anilines is 1. The fourth-order valence-electron chi connectivity index (χ4n) is 1.82. The van der Waals surface area contributed by atoms with Crippen molar-refractivity contribution in [1.29, 1.82) is 0 Å². The highest BCUT2D eigenvalue weighted by atomic mass is 16.5. The molecule has 3 N–H and O–H groups in total. The van der Waals surface area contributed by atoms with Gasteiger partial charge in [0.1, 0.15) is 5.75 Å². The van der Waals surface area contributed by atoms with Crippen LogP contribution in [0.2, 0.25) is 0 Å². The zero-order valence-electron chi connectivity index (χ0n) is 11.8. The quantitative estimate of drug-likeness (QED) is 0.776. The van der Waals surface area contributed by atoms with Crippen LogP contribution in [0.5, 0.6) is 5.75 Å². The van der Waals surface area contributed by atoms with E-state index in [0.717, 1.165) is 18.0 Å². The molecule has 0 saturated carbocycles. The second-order valence-corrected chi connectivity index (χ2v) is 4.82. The Hall–Kier alpha value is -1.59. The number of nitrogens with one attached hydrogen (secondary N) is 1. The van der Waals surface area contributed by atoms with Crippen molar-refractivity contribution in [1.82, 2.24) is 4.90 Å². The molecule has 0 fully saturated rings. The molecule has 0 aliphatic carbocycles. The third-order valence-corrected chi connectivity index (χ3v) is 2.79. The van der Waals surface area contributed by atoms with Gasteiger partial charge in [-0.05, 0) is 31.6 Å². The Bertz CT molecular complexity index is 409. The summed E-state index contributed by atoms with van der Waals surface area (Å²) in [5.41, 5.74) is 6.31. The van der Waals surface area contributed by atoms with E-state index in [1.54, 1.807) is 13.2 Å². The number of methoxy groups -OCH3 is 1. The van der Waals surface area contributed by atoms with E-state index in [2.05, 4.69) is 12.2 Å². The molecular formula is C14H23N3O2. The topological polar surface area (TPSA) is 67.6 Å². The smallest absolute Gasteiger partial charge is 0.238 e. The molecule has 0 aromatic heterocycles. The molecule has 0 heterocycles. The van der Waals surface area contributed by atoms with Gasteiger partial charge < -0.3 is 15.8 Å². The fraction of sp³-hybridized carbons (Fsp3) is 0.500. The van der Waals surface area contributed by atoms with Crippen molar-refractivity contribution < 1.29 is 9.53 Å². The Kier molecular flexibility index (Phi) is 6.32. The van der Waals surface area contributed by atoms with Gasteiger partial charge in [-0.1, -0.05) is 13.0 Å². The Balaban J connectivity index is 2.46. The summed E-state index contributed by atoms with van der Waals surface area (Å²) in [6, 6.07) is 7.31. The van der Waals surface area contributed by atoms with Crippen molar-refractivity contribution in [3.63, 3.8) is 0 Å². The minimum absolute atomic E-state index is 0.0417. The van der Waals surface area contributed by atoms with Crippen LogP contribution >= 0.6 is 0 Å². The molecule has 0 radical (unpaired) electrons. The summed E-state index contributed by atoms with van der Waals surface area (Å²) < 4.78 is 5.11. The molecule has 0 spiro atoms. The molecule has 1 amide bonds. The number of hydrogen-bond acceptors (Lipinski definition) is 4. The van der Waals surface area contributed by atoms with Crippen molar-refractivity contribution in [2.24, 2.45) is 11.7 Å². The van der Waals surface area contributed by atoms with Gasteiger partial charge in [0.05, 0.1) is 13.7 Å². The standard InChI is InChI=1S/C14H23N3O2/c1-11(8-15)9-17(2)10-14(18)16-12-5-4-6-13(7-12)19-3/h4-7,11H,8-10,15H2,1-3H3,(H,16,18). The molecule has 5 heteroatoms. The normalized spacial score (nSPS) is 12.3. The van der Waals surface area contributed by atoms with Crippen LogP contribution in [0.1, 0.15) is 6.92 Å². The van der Waals surface area contributed by atoms with Crippen LogP contribution in [0, 0.1) is 5.92 Å². The number of carbonyl (C=O) groups is 1. The summed E-state index contributed by atoms with van der Waals surface area (Å²) >= 11 is 0. The Morgan fingerprint density at radius 1 is 1.53 bits per heavy atom. The third kappa shape index (κ3) is 5.72. The Labute approximate surface area is 114 Å². The Morgan fingerprint density at radius 3 is 2.89 bits per heavy atom. The number of amides is 1. The van der Waals surface area contributed by atoms with Gasteiger partial charge in [-0.3, -0.25) is 9.69 Å². The fourth-order valence-corrected chi connectivity index (χ4v) is 1.82. The van der Waals surface area contributed by atoms with Gasteiger partial charge in [0.25, 0.3) is 0 Å². The van der Waals surface area contributed by atoms with E-state index in [9.17, 15) is 4.79 Å². The molecular weight excluding hydrogens is 242 g/mol. The van der Waals surface area contributed by atoms with Crippen molar-refractivity contribution in [2.75, 3.05) is 39.1 Å². The first-order valence-electron chi connectivity index (χ1n) is 6.37. The second kappa shape index (κ2) is 7.76. The SMILES string of the molecule is COc1cccc(NC(=O)CN(C)CC(C)CN)c1. The predicted molar refractivity (Wildman–Crippen MR) is 77.3 cm³/mol. The zero-order chi connectivity index (χ0) is 14.3. The first-order chi connectivity index (χ1) is 9.05. The largest absolute Gasteiger partial charge is 0.497 e. The van der Waals surface area contributed by atoms with Crippen LogP contribution in [0.3, 0.4) is 0 Å². The molecule has 0 bridgehead atoms. The molecule has 5 nitrogen and oxygen atoms in total. The minimum Gasteiger partial charge on any atom is -0.497 e. The van der Waals surface area contributed by atoms with E-state index in [1.807, 2.05) is 30.1 Å². The van der Waals surface area contributed by atoms with Gasteiger partial charge >= 0.3 is 0 Å². The molecule has 1 aromatic carbocycles. The second-order valence-electron chi connectivity index (χ2n) is 4.82. The maximum Gasteiger partial charge on any atom is 0.238 e. The third-order valence-electron chi connectivity index (χ3n) is 2.79. The zero-order valence-corrected chi connectivity index (χ0v) is 11.8. The van der Waals surface area contributed by atoms with E-state index in [-0.39, 0.29) is 5.91 Å². The van der Waals surface area contributed by atoms with Gasteiger partial charge in [-0.2, -0.15) is 0 Å².